The lowest BCUT2D eigenvalue weighted by Crippen LogP contribution is -2.60. The Kier molecular flexibility index (Phi) is 6.95. The summed E-state index contributed by atoms with van der Waals surface area (Å²) in [6, 6.07) is 5.75. The van der Waals surface area contributed by atoms with Crippen LogP contribution in [0, 0.1) is 5.92 Å². The third-order valence-electron chi connectivity index (χ3n) is 5.02. The molecule has 0 radical (unpaired) electrons. The van der Waals surface area contributed by atoms with Gasteiger partial charge in [0.05, 0.1) is 32.6 Å². The Hall–Kier alpha value is -2.78. The number of hydrogen-bond donors (Lipinski definition) is 1. The van der Waals surface area contributed by atoms with E-state index in [4.69, 9.17) is 9.47 Å². The van der Waals surface area contributed by atoms with E-state index in [9.17, 15) is 14.4 Å². The molecule has 0 aromatic heterocycles. The molecule has 0 spiro atoms. The van der Waals surface area contributed by atoms with Crippen LogP contribution in [0.4, 0.5) is 10.5 Å². The molecule has 1 aromatic carbocycles. The molecule has 2 fully saturated rings. The van der Waals surface area contributed by atoms with Crippen molar-refractivity contribution in [3.63, 3.8) is 0 Å². The maximum atomic E-state index is 13.1. The summed E-state index contributed by atoms with van der Waals surface area (Å²) in [6.45, 7) is 6.16. The van der Waals surface area contributed by atoms with Crippen molar-refractivity contribution in [3.05, 3.63) is 24.3 Å². The van der Waals surface area contributed by atoms with Crippen molar-refractivity contribution >= 4 is 29.2 Å². The highest BCUT2D eigenvalue weighted by molar-refractivity contribution is 6.35. The first-order valence-electron chi connectivity index (χ1n) is 9.71. The van der Waals surface area contributed by atoms with Crippen molar-refractivity contribution in [2.24, 2.45) is 10.9 Å². The second-order valence-electron chi connectivity index (χ2n) is 6.78. The number of aliphatic imine (C=N–C) groups is 1. The number of carbonyl (C=O) groups excluding carboxylic acids is 3. The molecule has 2 heterocycles. The number of ether oxygens (including phenoxy) is 2. The quantitative estimate of drug-likeness (QED) is 0.541. The molecular weight excluding hydrogens is 376 g/mol. The van der Waals surface area contributed by atoms with Crippen LogP contribution in [0.1, 0.15) is 13.3 Å². The third-order valence-corrected chi connectivity index (χ3v) is 5.02. The zero-order valence-corrected chi connectivity index (χ0v) is 16.7. The number of rotatable bonds is 7. The first-order valence-corrected chi connectivity index (χ1v) is 9.71. The number of anilines is 1. The number of amides is 4. The molecule has 0 aliphatic carbocycles. The van der Waals surface area contributed by atoms with Crippen molar-refractivity contribution in [1.82, 2.24) is 10.2 Å². The molecule has 1 atom stereocenters. The highest BCUT2D eigenvalue weighted by Crippen LogP contribution is 2.24. The summed E-state index contributed by atoms with van der Waals surface area (Å²) in [5.74, 6) is -1.72. The highest BCUT2D eigenvalue weighted by atomic mass is 16.5. The van der Waals surface area contributed by atoms with E-state index in [0.29, 0.717) is 43.3 Å². The predicted molar refractivity (Wildman–Crippen MR) is 107 cm³/mol. The van der Waals surface area contributed by atoms with Crippen LogP contribution < -0.4 is 15.0 Å². The van der Waals surface area contributed by atoms with Crippen LogP contribution in [-0.4, -0.2) is 75.0 Å². The molecule has 1 aromatic rings. The van der Waals surface area contributed by atoms with Crippen LogP contribution in [0.5, 0.6) is 5.75 Å². The molecule has 156 valence electrons. The summed E-state index contributed by atoms with van der Waals surface area (Å²) in [5.41, 5.74) is 0.848. The molecule has 9 heteroatoms. The van der Waals surface area contributed by atoms with Crippen LogP contribution in [0.3, 0.4) is 0 Å². The number of nitrogens with zero attached hydrogens (tertiary/aromatic N) is 3. The largest absolute Gasteiger partial charge is 0.497 e. The lowest BCUT2D eigenvalue weighted by molar-refractivity contribution is -0.131. The maximum absolute atomic E-state index is 13.1. The molecule has 29 heavy (non-hydrogen) atoms. The van der Waals surface area contributed by atoms with Gasteiger partial charge in [-0.2, -0.15) is 0 Å². The van der Waals surface area contributed by atoms with Gasteiger partial charge in [0.15, 0.2) is 5.92 Å². The predicted octanol–water partition coefficient (Wildman–Crippen LogP) is 1.08. The Bertz CT molecular complexity index is 787. The smallest absolute Gasteiger partial charge is 0.335 e. The maximum Gasteiger partial charge on any atom is 0.335 e. The first kappa shape index (κ1) is 20.9. The van der Waals surface area contributed by atoms with Crippen molar-refractivity contribution in [3.8, 4) is 5.75 Å². The molecule has 0 saturated carbocycles. The molecule has 1 N–H and O–H groups in total. The second kappa shape index (κ2) is 9.62. The van der Waals surface area contributed by atoms with Crippen LogP contribution in [0.2, 0.25) is 0 Å². The number of methoxy groups -OCH3 is 1. The number of benzene rings is 1. The fourth-order valence-electron chi connectivity index (χ4n) is 3.41. The third kappa shape index (κ3) is 4.80. The fourth-order valence-corrected chi connectivity index (χ4v) is 3.41. The molecule has 3 rings (SSSR count). The zero-order chi connectivity index (χ0) is 20.8. The lowest BCUT2D eigenvalue weighted by Gasteiger charge is -2.31. The summed E-state index contributed by atoms with van der Waals surface area (Å²) in [4.78, 5) is 45.6. The number of morpholine rings is 1. The Morgan fingerprint density at radius 2 is 1.90 bits per heavy atom. The van der Waals surface area contributed by atoms with Crippen LogP contribution in [-0.2, 0) is 14.3 Å². The molecule has 1 unspecified atom stereocenters. The van der Waals surface area contributed by atoms with Gasteiger partial charge in [-0.05, 0) is 30.7 Å². The summed E-state index contributed by atoms with van der Waals surface area (Å²) < 4.78 is 10.4. The van der Waals surface area contributed by atoms with Crippen molar-refractivity contribution in [2.45, 2.75) is 13.3 Å². The Morgan fingerprint density at radius 3 is 2.52 bits per heavy atom. The van der Waals surface area contributed by atoms with E-state index in [0.717, 1.165) is 24.5 Å². The van der Waals surface area contributed by atoms with E-state index < -0.39 is 23.8 Å². The minimum Gasteiger partial charge on any atom is -0.497 e. The van der Waals surface area contributed by atoms with Gasteiger partial charge in [0.25, 0.3) is 5.91 Å². The summed E-state index contributed by atoms with van der Waals surface area (Å²) in [7, 11) is 1.53. The molecule has 4 amide bonds. The Morgan fingerprint density at radius 1 is 1.21 bits per heavy atom. The molecule has 9 nitrogen and oxygen atoms in total. The first-order chi connectivity index (χ1) is 14.0. The topological polar surface area (TPSA) is 101 Å². The van der Waals surface area contributed by atoms with Gasteiger partial charge >= 0.3 is 6.03 Å². The zero-order valence-electron chi connectivity index (χ0n) is 16.7. The van der Waals surface area contributed by atoms with Crippen molar-refractivity contribution < 1.29 is 23.9 Å². The second-order valence-corrected chi connectivity index (χ2v) is 6.78. The highest BCUT2D eigenvalue weighted by Gasteiger charge is 2.43. The van der Waals surface area contributed by atoms with Crippen molar-refractivity contribution in [2.75, 3.05) is 51.4 Å². The number of barbiturate groups is 1. The van der Waals surface area contributed by atoms with Crippen LogP contribution in [0.15, 0.2) is 29.3 Å². The Balaban J connectivity index is 1.76. The lowest BCUT2D eigenvalue weighted by atomic mass is 9.96. The summed E-state index contributed by atoms with van der Waals surface area (Å²) >= 11 is 0. The number of imide groups is 2. The summed E-state index contributed by atoms with van der Waals surface area (Å²) in [5, 5.41) is 2.28. The monoisotopic (exact) mass is 402 g/mol. The van der Waals surface area contributed by atoms with E-state index in [1.165, 1.54) is 7.11 Å². The molecular formula is C20H26N4O5. The average molecular weight is 402 g/mol. The normalized spacial score (nSPS) is 21.3. The number of carbonyl (C=O) groups is 3. The molecule has 0 bridgehead atoms. The van der Waals surface area contributed by atoms with Gasteiger partial charge in [-0.15, -0.1) is 0 Å². The SMILES string of the molecule is CCC(=NCCN1CCOCC1)C1C(=O)NC(=O)N(c2ccc(OC)cc2)C1=O. The molecule has 2 saturated heterocycles. The van der Waals surface area contributed by atoms with Gasteiger partial charge in [0.1, 0.15) is 5.75 Å². The van der Waals surface area contributed by atoms with E-state index in [1.807, 2.05) is 6.92 Å². The fraction of sp³-hybridized carbons (Fsp3) is 0.500. The molecule has 2 aliphatic rings. The van der Waals surface area contributed by atoms with Gasteiger partial charge in [0.2, 0.25) is 5.91 Å². The Labute approximate surface area is 169 Å². The minimum absolute atomic E-state index is 0.370. The number of nitrogens with one attached hydrogen (secondary N) is 1. The van der Waals surface area contributed by atoms with Gasteiger partial charge < -0.3 is 9.47 Å². The van der Waals surface area contributed by atoms with Crippen molar-refractivity contribution in [1.29, 1.82) is 0 Å². The van der Waals surface area contributed by atoms with Crippen LogP contribution in [0.25, 0.3) is 0 Å². The van der Waals surface area contributed by atoms with E-state index in [1.54, 1.807) is 24.3 Å². The summed E-state index contributed by atoms with van der Waals surface area (Å²) in [6.07, 6.45) is 0.442. The van der Waals surface area contributed by atoms with Crippen LogP contribution >= 0.6 is 0 Å². The molecule has 2 aliphatic heterocycles. The van der Waals surface area contributed by atoms with E-state index in [2.05, 4.69) is 15.2 Å². The van der Waals surface area contributed by atoms with Gasteiger partial charge in [-0.25, -0.2) is 9.69 Å². The van der Waals surface area contributed by atoms with E-state index in [-0.39, 0.29) is 0 Å². The van der Waals surface area contributed by atoms with Gasteiger partial charge in [-0.1, -0.05) is 6.92 Å². The standard InChI is InChI=1S/C20H26N4O5/c1-3-16(21-8-9-23-10-12-29-13-11-23)17-18(25)22-20(27)24(19(17)26)14-4-6-15(28-2)7-5-14/h4-7,17H,3,8-13H2,1-2H3,(H,22,25,27). The van der Waals surface area contributed by atoms with E-state index >= 15 is 0 Å². The average Bonchev–Trinajstić information content (AvgIpc) is 2.73. The number of urea groups is 1. The van der Waals surface area contributed by atoms with Gasteiger partial charge in [-0.3, -0.25) is 24.8 Å². The van der Waals surface area contributed by atoms with Gasteiger partial charge in [0, 0.05) is 25.3 Å². The number of hydrogen-bond acceptors (Lipinski definition) is 7. The minimum atomic E-state index is -1.11.